The number of halogens is 1. The lowest BCUT2D eigenvalue weighted by Crippen LogP contribution is -2.49. The van der Waals surface area contributed by atoms with Gasteiger partial charge in [-0.15, -0.1) is 0 Å². The highest BCUT2D eigenvalue weighted by Crippen LogP contribution is 2.13. The number of aliphatic hydroxyl groups excluding tert-OH is 1. The largest absolute Gasteiger partial charge is 0.394 e. The van der Waals surface area contributed by atoms with Crippen LogP contribution >= 0.6 is 15.9 Å². The number of carbonyl (C=O) groups is 1. The lowest BCUT2D eigenvalue weighted by molar-refractivity contribution is -0.136. The molecule has 5 heteroatoms. The monoisotopic (exact) mass is 325 g/mol. The molecule has 19 heavy (non-hydrogen) atoms. The highest BCUT2D eigenvalue weighted by Gasteiger charge is 2.24. The Bertz CT molecular complexity index is 476. The Hall–Kier alpha value is -1.17. The van der Waals surface area contributed by atoms with Crippen molar-refractivity contribution in [1.29, 1.82) is 0 Å². The van der Waals surface area contributed by atoms with Crippen LogP contribution in [0.2, 0.25) is 0 Å². The van der Waals surface area contributed by atoms with Crippen molar-refractivity contribution in [2.24, 2.45) is 0 Å². The average Bonchev–Trinajstić information content (AvgIpc) is 2.45. The minimum atomic E-state index is -0.242. The van der Waals surface area contributed by atoms with Crippen LogP contribution in [0.5, 0.6) is 0 Å². The molecule has 102 valence electrons. The number of hydrogen-bond acceptors (Lipinski definition) is 3. The Kier molecular flexibility index (Phi) is 5.13. The van der Waals surface area contributed by atoms with Gasteiger partial charge in [-0.2, -0.15) is 0 Å². The van der Waals surface area contributed by atoms with E-state index < -0.39 is 0 Å². The molecule has 1 aromatic rings. The molecule has 1 atom stereocenters. The lowest BCUT2D eigenvalue weighted by Gasteiger charge is -2.33. The first-order valence-electron chi connectivity index (χ1n) is 6.13. The molecule has 0 aromatic heterocycles. The maximum Gasteiger partial charge on any atom is 0.247 e. The zero-order valence-electron chi connectivity index (χ0n) is 10.5. The molecule has 1 heterocycles. The Balaban J connectivity index is 2.03. The van der Waals surface area contributed by atoms with Crippen molar-refractivity contribution in [3.8, 4) is 0 Å². The molecule has 4 nitrogen and oxygen atoms in total. The predicted octanol–water partition coefficient (Wildman–Crippen LogP) is 1.68. The van der Waals surface area contributed by atoms with Crippen molar-refractivity contribution >= 4 is 27.9 Å². The molecule has 0 saturated carbocycles. The minimum absolute atomic E-state index is 0.0730. The smallest absolute Gasteiger partial charge is 0.247 e. The maximum atomic E-state index is 12.1. The van der Waals surface area contributed by atoms with Gasteiger partial charge in [0.05, 0.1) is 25.9 Å². The van der Waals surface area contributed by atoms with Crippen LogP contribution in [-0.4, -0.2) is 48.3 Å². The van der Waals surface area contributed by atoms with E-state index in [4.69, 9.17) is 4.74 Å². The molecule has 1 aromatic carbocycles. The molecule has 0 radical (unpaired) electrons. The van der Waals surface area contributed by atoms with Crippen LogP contribution in [0.25, 0.3) is 6.08 Å². The summed E-state index contributed by atoms with van der Waals surface area (Å²) in [5.74, 6) is -0.0951. The third kappa shape index (κ3) is 3.89. The molecule has 1 amide bonds. The third-order valence-electron chi connectivity index (χ3n) is 2.99. The van der Waals surface area contributed by atoms with Crippen molar-refractivity contribution in [1.82, 2.24) is 4.90 Å². The van der Waals surface area contributed by atoms with E-state index in [0.29, 0.717) is 19.8 Å². The van der Waals surface area contributed by atoms with Gasteiger partial charge in [0.2, 0.25) is 5.91 Å². The second-order valence-electron chi connectivity index (χ2n) is 4.33. The summed E-state index contributed by atoms with van der Waals surface area (Å²) in [5.41, 5.74) is 0.955. The van der Waals surface area contributed by atoms with E-state index >= 15 is 0 Å². The van der Waals surface area contributed by atoms with E-state index in [2.05, 4.69) is 15.9 Å². The fourth-order valence-electron chi connectivity index (χ4n) is 1.97. The molecule has 2 rings (SSSR count). The molecular weight excluding hydrogens is 310 g/mol. The summed E-state index contributed by atoms with van der Waals surface area (Å²) in [6, 6.07) is 7.47. The number of ether oxygens (including phenoxy) is 1. The van der Waals surface area contributed by atoms with Crippen molar-refractivity contribution in [3.05, 3.63) is 40.4 Å². The molecule has 1 N–H and O–H groups in total. The van der Waals surface area contributed by atoms with Gasteiger partial charge in [-0.1, -0.05) is 28.1 Å². The van der Waals surface area contributed by atoms with E-state index in [1.807, 2.05) is 24.3 Å². The number of nitrogens with zero attached hydrogens (tertiary/aromatic N) is 1. The fraction of sp³-hybridized carbons (Fsp3) is 0.357. The SMILES string of the molecule is O=C(/C=C/c1cccc(Br)c1)N1CCOCC1CO. The molecule has 1 aliphatic rings. The average molecular weight is 326 g/mol. The predicted molar refractivity (Wildman–Crippen MR) is 76.6 cm³/mol. The molecule has 1 aliphatic heterocycles. The topological polar surface area (TPSA) is 49.8 Å². The van der Waals surface area contributed by atoms with Crippen LogP contribution in [0.15, 0.2) is 34.8 Å². The fourth-order valence-corrected chi connectivity index (χ4v) is 2.39. The van der Waals surface area contributed by atoms with Crippen molar-refractivity contribution < 1.29 is 14.6 Å². The van der Waals surface area contributed by atoms with Gasteiger partial charge in [0.15, 0.2) is 0 Å². The van der Waals surface area contributed by atoms with Crippen LogP contribution in [-0.2, 0) is 9.53 Å². The first-order chi connectivity index (χ1) is 9.20. The summed E-state index contributed by atoms with van der Waals surface area (Å²) in [6.07, 6.45) is 3.31. The van der Waals surface area contributed by atoms with E-state index in [-0.39, 0.29) is 18.6 Å². The Morgan fingerprint density at radius 2 is 2.42 bits per heavy atom. The Morgan fingerprint density at radius 1 is 1.58 bits per heavy atom. The zero-order valence-corrected chi connectivity index (χ0v) is 12.0. The van der Waals surface area contributed by atoms with Gasteiger partial charge in [0.1, 0.15) is 0 Å². The van der Waals surface area contributed by atoms with Gasteiger partial charge in [0.25, 0.3) is 0 Å². The highest BCUT2D eigenvalue weighted by atomic mass is 79.9. The molecule has 0 bridgehead atoms. The van der Waals surface area contributed by atoms with Gasteiger partial charge >= 0.3 is 0 Å². The van der Waals surface area contributed by atoms with E-state index in [0.717, 1.165) is 10.0 Å². The first kappa shape index (κ1) is 14.2. The first-order valence-corrected chi connectivity index (χ1v) is 6.93. The van der Waals surface area contributed by atoms with Crippen molar-refractivity contribution in [2.45, 2.75) is 6.04 Å². The van der Waals surface area contributed by atoms with Gasteiger partial charge < -0.3 is 14.7 Å². The zero-order chi connectivity index (χ0) is 13.7. The number of rotatable bonds is 3. The highest BCUT2D eigenvalue weighted by molar-refractivity contribution is 9.10. The van der Waals surface area contributed by atoms with Crippen LogP contribution in [0.3, 0.4) is 0 Å². The summed E-state index contributed by atoms with van der Waals surface area (Å²) in [4.78, 5) is 13.7. The summed E-state index contributed by atoms with van der Waals surface area (Å²) in [6.45, 7) is 1.36. The summed E-state index contributed by atoms with van der Waals surface area (Å²) < 4.78 is 6.22. The van der Waals surface area contributed by atoms with Crippen LogP contribution in [0.1, 0.15) is 5.56 Å². The van der Waals surface area contributed by atoms with Gasteiger partial charge in [-0.3, -0.25) is 4.79 Å². The van der Waals surface area contributed by atoms with Gasteiger partial charge in [-0.25, -0.2) is 0 Å². The number of aliphatic hydroxyl groups is 1. The van der Waals surface area contributed by atoms with Gasteiger partial charge in [0, 0.05) is 17.1 Å². The van der Waals surface area contributed by atoms with E-state index in [1.165, 1.54) is 6.08 Å². The van der Waals surface area contributed by atoms with E-state index in [9.17, 15) is 9.90 Å². The van der Waals surface area contributed by atoms with Crippen LogP contribution in [0.4, 0.5) is 0 Å². The standard InChI is InChI=1S/C14H16BrNO3/c15-12-3-1-2-11(8-12)4-5-14(18)16-6-7-19-10-13(16)9-17/h1-5,8,13,17H,6-7,9-10H2/b5-4+. The Morgan fingerprint density at radius 3 is 3.16 bits per heavy atom. The molecule has 0 aliphatic carbocycles. The molecule has 0 spiro atoms. The maximum absolute atomic E-state index is 12.1. The number of benzene rings is 1. The number of carbonyl (C=O) groups excluding carboxylic acids is 1. The summed E-state index contributed by atoms with van der Waals surface area (Å²) in [5, 5.41) is 9.23. The van der Waals surface area contributed by atoms with Crippen molar-refractivity contribution in [3.63, 3.8) is 0 Å². The normalized spacial score (nSPS) is 19.9. The summed E-state index contributed by atoms with van der Waals surface area (Å²) >= 11 is 3.39. The Labute approximate surface area is 120 Å². The lowest BCUT2D eigenvalue weighted by atomic mass is 10.2. The molecule has 1 saturated heterocycles. The number of hydrogen-bond donors (Lipinski definition) is 1. The van der Waals surface area contributed by atoms with Gasteiger partial charge in [-0.05, 0) is 23.8 Å². The van der Waals surface area contributed by atoms with Crippen LogP contribution < -0.4 is 0 Å². The minimum Gasteiger partial charge on any atom is -0.394 e. The van der Waals surface area contributed by atoms with Crippen LogP contribution in [0, 0.1) is 0 Å². The molecule has 1 unspecified atom stereocenters. The second kappa shape index (κ2) is 6.84. The molecule has 1 fully saturated rings. The number of amides is 1. The van der Waals surface area contributed by atoms with Crippen molar-refractivity contribution in [2.75, 3.05) is 26.4 Å². The third-order valence-corrected chi connectivity index (χ3v) is 3.48. The second-order valence-corrected chi connectivity index (χ2v) is 5.25. The molecular formula is C14H16BrNO3. The van der Waals surface area contributed by atoms with E-state index in [1.54, 1.807) is 11.0 Å². The number of morpholine rings is 1. The summed E-state index contributed by atoms with van der Waals surface area (Å²) in [7, 11) is 0. The quantitative estimate of drug-likeness (QED) is 0.860.